The predicted octanol–water partition coefficient (Wildman–Crippen LogP) is 3.46. The zero-order valence-electron chi connectivity index (χ0n) is 13.5. The number of benzene rings is 1. The number of carbonyl (C=O) groups is 1. The van der Waals surface area contributed by atoms with Crippen LogP contribution in [0.3, 0.4) is 0 Å². The Morgan fingerprint density at radius 1 is 1.29 bits per heavy atom. The maximum atomic E-state index is 12.5. The fourth-order valence-electron chi connectivity index (χ4n) is 3.95. The van der Waals surface area contributed by atoms with Crippen LogP contribution in [0.5, 0.6) is 0 Å². The number of carbonyl (C=O) groups excluding carboxylic acids is 1. The number of rotatable bonds is 3. The van der Waals surface area contributed by atoms with Crippen LogP contribution in [0.15, 0.2) is 22.6 Å². The average Bonchev–Trinajstić information content (AvgIpc) is 3.47. The molecule has 2 heterocycles. The molecule has 1 unspecified atom stereocenters. The zero-order valence-corrected chi connectivity index (χ0v) is 14.3. The van der Waals surface area contributed by atoms with Crippen LogP contribution in [0, 0.1) is 11.3 Å². The Morgan fingerprint density at radius 3 is 2.83 bits per heavy atom. The lowest BCUT2D eigenvalue weighted by molar-refractivity contribution is -0.118. The molecular weight excluding hydrogens is 326 g/mol. The first-order chi connectivity index (χ1) is 11.2. The standard InChI is InChI=1S/C18H21N3O2.ClH/c22-16(13-10-18(13)5-7-19-8-6-18)20-12-3-4-14-15(9-12)23-17(21-14)11-1-2-11;/h3-4,9,11,13,19H,1-2,5-8,10H2,(H,20,22);1H. The van der Waals surface area contributed by atoms with E-state index in [4.69, 9.17) is 4.42 Å². The summed E-state index contributed by atoms with van der Waals surface area (Å²) in [5.74, 6) is 1.69. The summed E-state index contributed by atoms with van der Waals surface area (Å²) in [6, 6.07) is 5.77. The third-order valence-electron chi connectivity index (χ3n) is 5.70. The Kier molecular flexibility index (Phi) is 3.81. The van der Waals surface area contributed by atoms with E-state index in [1.807, 2.05) is 18.2 Å². The van der Waals surface area contributed by atoms with Crippen molar-refractivity contribution in [2.24, 2.45) is 11.3 Å². The van der Waals surface area contributed by atoms with Gasteiger partial charge in [0.05, 0.1) is 0 Å². The molecule has 1 saturated heterocycles. The van der Waals surface area contributed by atoms with Gasteiger partial charge in [0.1, 0.15) is 5.52 Å². The topological polar surface area (TPSA) is 67.2 Å². The number of halogens is 1. The van der Waals surface area contributed by atoms with Crippen LogP contribution in [0.4, 0.5) is 5.69 Å². The number of nitrogens with one attached hydrogen (secondary N) is 2. The van der Waals surface area contributed by atoms with E-state index in [2.05, 4.69) is 15.6 Å². The van der Waals surface area contributed by atoms with Gasteiger partial charge in [-0.25, -0.2) is 4.98 Å². The van der Waals surface area contributed by atoms with E-state index >= 15 is 0 Å². The van der Waals surface area contributed by atoms with Crippen LogP contribution in [0.25, 0.3) is 11.1 Å². The molecule has 3 aliphatic rings. The summed E-state index contributed by atoms with van der Waals surface area (Å²) in [5, 5.41) is 6.45. The Hall–Kier alpha value is -1.59. The van der Waals surface area contributed by atoms with Crippen LogP contribution in [-0.4, -0.2) is 24.0 Å². The minimum atomic E-state index is 0. The van der Waals surface area contributed by atoms with Gasteiger partial charge in [0.25, 0.3) is 0 Å². The summed E-state index contributed by atoms with van der Waals surface area (Å²) >= 11 is 0. The highest BCUT2D eigenvalue weighted by Crippen LogP contribution is 2.58. The lowest BCUT2D eigenvalue weighted by atomic mass is 9.92. The second-order valence-electron chi connectivity index (χ2n) is 7.37. The number of aromatic nitrogens is 1. The molecule has 2 saturated carbocycles. The summed E-state index contributed by atoms with van der Waals surface area (Å²) in [6.45, 7) is 2.08. The third kappa shape index (κ3) is 2.70. The van der Waals surface area contributed by atoms with Gasteiger partial charge in [0, 0.05) is 23.6 Å². The van der Waals surface area contributed by atoms with E-state index in [1.54, 1.807) is 0 Å². The molecule has 5 nitrogen and oxygen atoms in total. The highest BCUT2D eigenvalue weighted by Gasteiger charge is 2.57. The largest absolute Gasteiger partial charge is 0.440 e. The van der Waals surface area contributed by atoms with Gasteiger partial charge in [0.15, 0.2) is 11.5 Å². The summed E-state index contributed by atoms with van der Waals surface area (Å²) in [7, 11) is 0. The van der Waals surface area contributed by atoms with Gasteiger partial charge in [0.2, 0.25) is 5.91 Å². The number of oxazole rings is 1. The van der Waals surface area contributed by atoms with E-state index in [0.717, 1.165) is 55.0 Å². The molecule has 1 aromatic carbocycles. The molecule has 5 rings (SSSR count). The summed E-state index contributed by atoms with van der Waals surface area (Å²) in [5.41, 5.74) is 2.74. The summed E-state index contributed by atoms with van der Waals surface area (Å²) in [4.78, 5) is 17.1. The maximum absolute atomic E-state index is 12.5. The molecule has 2 aromatic rings. The Balaban J connectivity index is 0.00000146. The van der Waals surface area contributed by atoms with Gasteiger partial charge in [-0.3, -0.25) is 4.79 Å². The van der Waals surface area contributed by atoms with E-state index in [9.17, 15) is 4.79 Å². The second-order valence-corrected chi connectivity index (χ2v) is 7.37. The molecule has 6 heteroatoms. The second kappa shape index (κ2) is 5.74. The summed E-state index contributed by atoms with van der Waals surface area (Å²) in [6.07, 6.45) is 5.63. The molecule has 0 bridgehead atoms. The Labute approximate surface area is 147 Å². The minimum absolute atomic E-state index is 0. The number of hydrogen-bond acceptors (Lipinski definition) is 4. The molecule has 1 spiro atoms. The fraction of sp³-hybridized carbons (Fsp3) is 0.556. The maximum Gasteiger partial charge on any atom is 0.228 e. The number of nitrogens with zero attached hydrogens (tertiary/aromatic N) is 1. The molecular formula is C18H22ClN3O2. The van der Waals surface area contributed by atoms with Crippen molar-refractivity contribution in [1.29, 1.82) is 0 Å². The fourth-order valence-corrected chi connectivity index (χ4v) is 3.95. The van der Waals surface area contributed by atoms with Crippen molar-refractivity contribution in [3.05, 3.63) is 24.1 Å². The van der Waals surface area contributed by atoms with Crippen LogP contribution in [0.1, 0.15) is 43.9 Å². The first-order valence-electron chi connectivity index (χ1n) is 8.66. The Bertz CT molecular complexity index is 778. The molecule has 1 aromatic heterocycles. The molecule has 1 aliphatic heterocycles. The minimum Gasteiger partial charge on any atom is -0.440 e. The highest BCUT2D eigenvalue weighted by molar-refractivity contribution is 5.96. The van der Waals surface area contributed by atoms with Crippen molar-refractivity contribution < 1.29 is 9.21 Å². The zero-order chi connectivity index (χ0) is 15.4. The molecule has 128 valence electrons. The highest BCUT2D eigenvalue weighted by atomic mass is 35.5. The number of amides is 1. The lowest BCUT2D eigenvalue weighted by Crippen LogP contribution is -2.31. The molecule has 2 N–H and O–H groups in total. The lowest BCUT2D eigenvalue weighted by Gasteiger charge is -2.23. The van der Waals surface area contributed by atoms with E-state index < -0.39 is 0 Å². The molecule has 0 radical (unpaired) electrons. The smallest absolute Gasteiger partial charge is 0.228 e. The molecule has 1 atom stereocenters. The SMILES string of the molecule is Cl.O=C(Nc1ccc2nc(C3CC3)oc2c1)C1CC12CCNCC2. The molecule has 1 amide bonds. The van der Waals surface area contributed by atoms with Crippen molar-refractivity contribution in [2.75, 3.05) is 18.4 Å². The number of fused-ring (bicyclic) bond motifs is 1. The van der Waals surface area contributed by atoms with Gasteiger partial charge in [-0.2, -0.15) is 0 Å². The first-order valence-corrected chi connectivity index (χ1v) is 8.66. The van der Waals surface area contributed by atoms with Crippen molar-refractivity contribution >= 4 is 35.1 Å². The molecule has 2 aliphatic carbocycles. The number of anilines is 1. The van der Waals surface area contributed by atoms with Crippen LogP contribution < -0.4 is 10.6 Å². The van der Waals surface area contributed by atoms with Crippen molar-refractivity contribution in [2.45, 2.75) is 38.0 Å². The van der Waals surface area contributed by atoms with Gasteiger partial charge >= 0.3 is 0 Å². The van der Waals surface area contributed by atoms with E-state index in [-0.39, 0.29) is 29.6 Å². The van der Waals surface area contributed by atoms with Gasteiger partial charge < -0.3 is 15.1 Å². The van der Waals surface area contributed by atoms with Crippen LogP contribution in [0.2, 0.25) is 0 Å². The average molecular weight is 348 g/mol. The third-order valence-corrected chi connectivity index (χ3v) is 5.70. The Morgan fingerprint density at radius 2 is 2.08 bits per heavy atom. The van der Waals surface area contributed by atoms with Gasteiger partial charge in [-0.15, -0.1) is 12.4 Å². The molecule has 24 heavy (non-hydrogen) atoms. The van der Waals surface area contributed by atoms with Crippen molar-refractivity contribution in [1.82, 2.24) is 10.3 Å². The van der Waals surface area contributed by atoms with E-state index in [0.29, 0.717) is 5.92 Å². The van der Waals surface area contributed by atoms with Gasteiger partial charge in [-0.1, -0.05) is 0 Å². The van der Waals surface area contributed by atoms with Gasteiger partial charge in [-0.05, 0) is 62.7 Å². The number of hydrogen-bond donors (Lipinski definition) is 2. The first kappa shape index (κ1) is 15.9. The summed E-state index contributed by atoms with van der Waals surface area (Å²) < 4.78 is 5.83. The van der Waals surface area contributed by atoms with Crippen molar-refractivity contribution in [3.63, 3.8) is 0 Å². The van der Waals surface area contributed by atoms with E-state index in [1.165, 1.54) is 12.8 Å². The number of piperidine rings is 1. The normalized spacial score (nSPS) is 24.6. The quantitative estimate of drug-likeness (QED) is 0.892. The monoisotopic (exact) mass is 347 g/mol. The van der Waals surface area contributed by atoms with Crippen LogP contribution in [-0.2, 0) is 4.79 Å². The van der Waals surface area contributed by atoms with Crippen LogP contribution >= 0.6 is 12.4 Å². The predicted molar refractivity (Wildman–Crippen MR) is 94.5 cm³/mol. The van der Waals surface area contributed by atoms with Crippen molar-refractivity contribution in [3.8, 4) is 0 Å². The molecule has 3 fully saturated rings.